The van der Waals surface area contributed by atoms with Crippen molar-refractivity contribution in [2.45, 2.75) is 6.54 Å². The molecule has 3 aromatic rings. The summed E-state index contributed by atoms with van der Waals surface area (Å²) < 4.78 is 12.5. The van der Waals surface area contributed by atoms with Gasteiger partial charge in [0, 0.05) is 28.2 Å². The number of aromatic nitrogens is 1. The minimum Gasteiger partial charge on any atom is -0.454 e. The number of benzene rings is 2. The molecule has 0 saturated heterocycles. The average Bonchev–Trinajstić information content (AvgIpc) is 3.27. The second-order valence-corrected chi connectivity index (χ2v) is 5.70. The smallest absolute Gasteiger partial charge is 0.271 e. The monoisotopic (exact) mass is 345 g/mol. The summed E-state index contributed by atoms with van der Waals surface area (Å²) in [6.07, 6.45) is 8.95. The van der Waals surface area contributed by atoms with Gasteiger partial charge in [0.15, 0.2) is 11.5 Å². The molecule has 2 aromatic carbocycles. The summed E-state index contributed by atoms with van der Waals surface area (Å²) in [6, 6.07) is 12.9. The average molecular weight is 345 g/mol. The highest BCUT2D eigenvalue weighted by Gasteiger charge is 2.16. The van der Waals surface area contributed by atoms with Gasteiger partial charge in [-0.25, -0.2) is 5.43 Å². The SMILES string of the molecule is C#CCn1cc(/C=N\NC(=O)c2ccc3c(c2)OCO3)c2ccccc21. The van der Waals surface area contributed by atoms with Crippen LogP contribution >= 0.6 is 0 Å². The predicted molar refractivity (Wildman–Crippen MR) is 98.4 cm³/mol. The van der Waals surface area contributed by atoms with Gasteiger partial charge in [0.1, 0.15) is 0 Å². The number of carbonyl (C=O) groups is 1. The van der Waals surface area contributed by atoms with Crippen LogP contribution in [0, 0.1) is 12.3 Å². The minimum atomic E-state index is -0.327. The number of ether oxygens (including phenoxy) is 2. The number of fused-ring (bicyclic) bond motifs is 2. The molecule has 1 amide bonds. The van der Waals surface area contributed by atoms with E-state index in [2.05, 4.69) is 16.4 Å². The van der Waals surface area contributed by atoms with E-state index in [1.807, 2.05) is 35.0 Å². The van der Waals surface area contributed by atoms with Gasteiger partial charge in [-0.3, -0.25) is 4.79 Å². The van der Waals surface area contributed by atoms with E-state index in [0.717, 1.165) is 16.5 Å². The standard InChI is InChI=1S/C20H15N3O3/c1-2-9-23-12-15(16-5-3-4-6-17(16)23)11-21-22-20(24)14-7-8-18-19(10-14)26-13-25-18/h1,3-8,10-12H,9,13H2,(H,22,24)/b21-11-. The molecule has 0 radical (unpaired) electrons. The van der Waals surface area contributed by atoms with Crippen LogP contribution in [0.4, 0.5) is 0 Å². The van der Waals surface area contributed by atoms with Gasteiger partial charge in [-0.05, 0) is 24.3 Å². The Labute approximate surface area is 150 Å². The highest BCUT2D eigenvalue weighted by molar-refractivity contribution is 6.00. The van der Waals surface area contributed by atoms with Gasteiger partial charge >= 0.3 is 0 Å². The summed E-state index contributed by atoms with van der Waals surface area (Å²) in [5, 5.41) is 5.09. The van der Waals surface area contributed by atoms with Crippen LogP contribution < -0.4 is 14.9 Å². The Morgan fingerprint density at radius 3 is 3.00 bits per heavy atom. The lowest BCUT2D eigenvalue weighted by molar-refractivity contribution is 0.0954. The first kappa shape index (κ1) is 15.8. The third kappa shape index (κ3) is 2.87. The molecule has 0 saturated carbocycles. The van der Waals surface area contributed by atoms with E-state index in [1.54, 1.807) is 24.4 Å². The summed E-state index contributed by atoms with van der Waals surface area (Å²) in [5.74, 6) is 3.49. The first-order valence-electron chi connectivity index (χ1n) is 8.00. The third-order valence-corrected chi connectivity index (χ3v) is 4.09. The van der Waals surface area contributed by atoms with Gasteiger partial charge in [-0.15, -0.1) is 6.42 Å². The Kier molecular flexibility index (Phi) is 4.04. The molecule has 2 heterocycles. The van der Waals surface area contributed by atoms with E-state index < -0.39 is 0 Å². The largest absolute Gasteiger partial charge is 0.454 e. The number of hydrogen-bond donors (Lipinski definition) is 1. The van der Waals surface area contributed by atoms with Crippen molar-refractivity contribution in [3.63, 3.8) is 0 Å². The summed E-state index contributed by atoms with van der Waals surface area (Å²) >= 11 is 0. The maximum atomic E-state index is 12.3. The van der Waals surface area contributed by atoms with E-state index in [4.69, 9.17) is 15.9 Å². The first-order valence-corrected chi connectivity index (χ1v) is 8.00. The Morgan fingerprint density at radius 2 is 2.12 bits per heavy atom. The van der Waals surface area contributed by atoms with Crippen LogP contribution in [0.15, 0.2) is 53.8 Å². The van der Waals surface area contributed by atoms with Crippen LogP contribution in [0.3, 0.4) is 0 Å². The molecule has 26 heavy (non-hydrogen) atoms. The van der Waals surface area contributed by atoms with Crippen molar-refractivity contribution in [1.29, 1.82) is 0 Å². The van der Waals surface area contributed by atoms with Gasteiger partial charge in [0.05, 0.1) is 12.8 Å². The fourth-order valence-corrected chi connectivity index (χ4v) is 2.87. The molecular formula is C20H15N3O3. The van der Waals surface area contributed by atoms with Crippen LogP contribution in [0.1, 0.15) is 15.9 Å². The summed E-state index contributed by atoms with van der Waals surface area (Å²) in [7, 11) is 0. The van der Waals surface area contributed by atoms with Crippen molar-refractivity contribution in [3.8, 4) is 23.8 Å². The molecule has 0 aliphatic carbocycles. The van der Waals surface area contributed by atoms with Crippen molar-refractivity contribution in [2.24, 2.45) is 5.10 Å². The van der Waals surface area contributed by atoms with Crippen LogP contribution in [0.5, 0.6) is 11.5 Å². The van der Waals surface area contributed by atoms with E-state index in [-0.39, 0.29) is 12.7 Å². The van der Waals surface area contributed by atoms with Gasteiger partial charge in [-0.2, -0.15) is 5.10 Å². The number of hydrogen-bond acceptors (Lipinski definition) is 4. The molecule has 1 N–H and O–H groups in total. The molecule has 6 nitrogen and oxygen atoms in total. The van der Waals surface area contributed by atoms with Crippen molar-refractivity contribution in [2.75, 3.05) is 6.79 Å². The second kappa shape index (κ2) is 6.65. The lowest BCUT2D eigenvalue weighted by Crippen LogP contribution is -2.17. The van der Waals surface area contributed by atoms with Crippen molar-refractivity contribution >= 4 is 23.0 Å². The zero-order valence-corrected chi connectivity index (χ0v) is 13.8. The molecular weight excluding hydrogens is 330 g/mol. The summed E-state index contributed by atoms with van der Waals surface area (Å²) in [5.41, 5.74) is 4.87. The maximum Gasteiger partial charge on any atom is 0.271 e. The summed E-state index contributed by atoms with van der Waals surface area (Å²) in [4.78, 5) is 12.3. The Hall–Kier alpha value is -3.72. The normalized spacial score (nSPS) is 12.4. The van der Waals surface area contributed by atoms with Crippen molar-refractivity contribution < 1.29 is 14.3 Å². The van der Waals surface area contributed by atoms with Gasteiger partial charge in [-0.1, -0.05) is 24.1 Å². The third-order valence-electron chi connectivity index (χ3n) is 4.09. The number of rotatable bonds is 4. The highest BCUT2D eigenvalue weighted by atomic mass is 16.7. The van der Waals surface area contributed by atoms with E-state index in [1.165, 1.54) is 0 Å². The van der Waals surface area contributed by atoms with Crippen LogP contribution in [-0.2, 0) is 6.54 Å². The second-order valence-electron chi connectivity index (χ2n) is 5.70. The molecule has 1 aliphatic heterocycles. The number of hydrazone groups is 1. The first-order chi connectivity index (χ1) is 12.8. The minimum absolute atomic E-state index is 0.167. The van der Waals surface area contributed by atoms with Crippen molar-refractivity contribution in [3.05, 3.63) is 59.8 Å². The Bertz CT molecular complexity index is 1060. The molecule has 1 aromatic heterocycles. The predicted octanol–water partition coefficient (Wildman–Crippen LogP) is 2.77. The lowest BCUT2D eigenvalue weighted by atomic mass is 10.2. The fraction of sp³-hybridized carbons (Fsp3) is 0.100. The van der Waals surface area contributed by atoms with Gasteiger partial charge in [0.2, 0.25) is 6.79 Å². The lowest BCUT2D eigenvalue weighted by Gasteiger charge is -2.01. The molecule has 0 atom stereocenters. The highest BCUT2D eigenvalue weighted by Crippen LogP contribution is 2.32. The van der Waals surface area contributed by atoms with Crippen molar-refractivity contribution in [1.82, 2.24) is 9.99 Å². The quantitative estimate of drug-likeness (QED) is 0.449. The molecule has 1 aliphatic rings. The molecule has 4 rings (SSSR count). The molecule has 0 spiro atoms. The maximum absolute atomic E-state index is 12.3. The van der Waals surface area contributed by atoms with Gasteiger partial charge in [0.25, 0.3) is 5.91 Å². The van der Waals surface area contributed by atoms with E-state index in [0.29, 0.717) is 23.6 Å². The molecule has 0 fully saturated rings. The number of nitrogens with one attached hydrogen (secondary N) is 1. The Balaban J connectivity index is 1.53. The number of nitrogens with zero attached hydrogens (tertiary/aromatic N) is 2. The van der Waals surface area contributed by atoms with Crippen LogP contribution in [0.25, 0.3) is 10.9 Å². The Morgan fingerprint density at radius 1 is 1.27 bits per heavy atom. The molecule has 128 valence electrons. The topological polar surface area (TPSA) is 64.9 Å². The molecule has 6 heteroatoms. The zero-order valence-electron chi connectivity index (χ0n) is 13.8. The van der Waals surface area contributed by atoms with E-state index >= 15 is 0 Å². The molecule has 0 bridgehead atoms. The van der Waals surface area contributed by atoms with Crippen LogP contribution in [-0.4, -0.2) is 23.5 Å². The summed E-state index contributed by atoms with van der Waals surface area (Å²) in [6.45, 7) is 0.637. The van der Waals surface area contributed by atoms with E-state index in [9.17, 15) is 4.79 Å². The zero-order chi connectivity index (χ0) is 17.9. The van der Waals surface area contributed by atoms with Crippen LogP contribution in [0.2, 0.25) is 0 Å². The van der Waals surface area contributed by atoms with Gasteiger partial charge < -0.3 is 14.0 Å². The fourth-order valence-electron chi connectivity index (χ4n) is 2.87. The number of terminal acetylenes is 1. The number of carbonyl (C=O) groups excluding carboxylic acids is 1. The molecule has 0 unspecified atom stereocenters. The number of para-hydroxylation sites is 1. The number of amides is 1.